The summed E-state index contributed by atoms with van der Waals surface area (Å²) in [6, 6.07) is 1.55. The van der Waals surface area contributed by atoms with Crippen LogP contribution in [0.1, 0.15) is 36.7 Å². The largest absolute Gasteiger partial charge is 0.382 e. The fourth-order valence-electron chi connectivity index (χ4n) is 2.30. The van der Waals surface area contributed by atoms with Crippen molar-refractivity contribution in [1.82, 2.24) is 15.5 Å². The summed E-state index contributed by atoms with van der Waals surface area (Å²) in [6.07, 6.45) is 3.77. The van der Waals surface area contributed by atoms with Gasteiger partial charge in [0.25, 0.3) is 5.91 Å². The maximum atomic E-state index is 11.7. The Labute approximate surface area is 94.8 Å². The molecule has 4 N–H and O–H groups in total. The molecule has 0 saturated heterocycles. The lowest BCUT2D eigenvalue weighted by atomic mass is 9.98. The van der Waals surface area contributed by atoms with Gasteiger partial charge in [0, 0.05) is 12.6 Å². The van der Waals surface area contributed by atoms with Crippen molar-refractivity contribution in [1.29, 1.82) is 0 Å². The van der Waals surface area contributed by atoms with Crippen LogP contribution in [0.15, 0.2) is 6.07 Å². The zero-order valence-corrected chi connectivity index (χ0v) is 9.49. The number of H-pyrrole nitrogens is 1. The van der Waals surface area contributed by atoms with Gasteiger partial charge in [-0.2, -0.15) is 5.10 Å². The summed E-state index contributed by atoms with van der Waals surface area (Å²) in [5.41, 5.74) is 5.87. The summed E-state index contributed by atoms with van der Waals surface area (Å²) in [5.74, 6) is 1.55. The molecule has 2 atom stereocenters. The quantitative estimate of drug-likeness (QED) is 0.717. The van der Waals surface area contributed by atoms with Crippen molar-refractivity contribution < 1.29 is 4.79 Å². The Balaban J connectivity index is 1.84. The number of hydrogen-bond donors (Lipinski definition) is 3. The Morgan fingerprint density at radius 2 is 2.50 bits per heavy atom. The fraction of sp³-hybridized carbons (Fsp3) is 0.636. The summed E-state index contributed by atoms with van der Waals surface area (Å²) in [5, 5.41) is 9.25. The maximum Gasteiger partial charge on any atom is 0.269 e. The summed E-state index contributed by atoms with van der Waals surface area (Å²) in [6.45, 7) is 3.00. The molecule has 1 heterocycles. The lowest BCUT2D eigenvalue weighted by molar-refractivity contribution is 0.0939. The predicted molar refractivity (Wildman–Crippen MR) is 61.8 cm³/mol. The zero-order chi connectivity index (χ0) is 11.5. The van der Waals surface area contributed by atoms with E-state index in [0.29, 0.717) is 23.3 Å². The third-order valence-corrected chi connectivity index (χ3v) is 3.41. The van der Waals surface area contributed by atoms with Crippen LogP contribution in [-0.4, -0.2) is 22.6 Å². The average Bonchev–Trinajstić information content (AvgIpc) is 2.84. The van der Waals surface area contributed by atoms with Crippen LogP contribution >= 0.6 is 0 Å². The van der Waals surface area contributed by atoms with Crippen molar-refractivity contribution in [3.8, 4) is 0 Å². The summed E-state index contributed by atoms with van der Waals surface area (Å²) < 4.78 is 0. The number of anilines is 1. The molecule has 0 aliphatic heterocycles. The number of amides is 1. The molecule has 5 heteroatoms. The smallest absolute Gasteiger partial charge is 0.269 e. The van der Waals surface area contributed by atoms with Crippen molar-refractivity contribution in [2.45, 2.75) is 26.2 Å². The van der Waals surface area contributed by atoms with E-state index in [1.165, 1.54) is 19.3 Å². The van der Waals surface area contributed by atoms with Crippen LogP contribution in [-0.2, 0) is 0 Å². The minimum absolute atomic E-state index is 0.122. The minimum Gasteiger partial charge on any atom is -0.382 e. The number of nitrogens with zero attached hydrogens (tertiary/aromatic N) is 1. The van der Waals surface area contributed by atoms with Crippen LogP contribution in [0.25, 0.3) is 0 Å². The van der Waals surface area contributed by atoms with E-state index in [1.54, 1.807) is 6.07 Å². The first-order valence-corrected chi connectivity index (χ1v) is 5.76. The SMILES string of the molecule is CC1CCCC1CNC(=O)c1cc(N)n[nH]1. The van der Waals surface area contributed by atoms with E-state index < -0.39 is 0 Å². The van der Waals surface area contributed by atoms with Gasteiger partial charge in [-0.3, -0.25) is 9.89 Å². The van der Waals surface area contributed by atoms with Crippen LogP contribution in [0.4, 0.5) is 5.82 Å². The van der Waals surface area contributed by atoms with E-state index in [0.717, 1.165) is 6.54 Å². The van der Waals surface area contributed by atoms with Crippen LogP contribution in [0.5, 0.6) is 0 Å². The van der Waals surface area contributed by atoms with Gasteiger partial charge < -0.3 is 11.1 Å². The summed E-state index contributed by atoms with van der Waals surface area (Å²) in [4.78, 5) is 11.7. The van der Waals surface area contributed by atoms with Gasteiger partial charge in [-0.25, -0.2) is 0 Å². The lowest BCUT2D eigenvalue weighted by Gasteiger charge is -2.15. The molecule has 1 fully saturated rings. The Hall–Kier alpha value is -1.52. The molecule has 5 nitrogen and oxygen atoms in total. The Morgan fingerprint density at radius 3 is 3.06 bits per heavy atom. The number of hydrogen-bond acceptors (Lipinski definition) is 3. The molecule has 1 aliphatic rings. The predicted octanol–water partition coefficient (Wildman–Crippen LogP) is 1.16. The molecule has 16 heavy (non-hydrogen) atoms. The summed E-state index contributed by atoms with van der Waals surface area (Å²) in [7, 11) is 0. The number of carbonyl (C=O) groups excluding carboxylic acids is 1. The standard InChI is InChI=1S/C11H18N4O/c1-7-3-2-4-8(7)6-13-11(16)9-5-10(12)15-14-9/h5,7-8H,2-4,6H2,1H3,(H,13,16)(H3,12,14,15). The normalized spacial score (nSPS) is 24.6. The van der Waals surface area contributed by atoms with Gasteiger partial charge in [0.05, 0.1) is 0 Å². The van der Waals surface area contributed by atoms with E-state index in [9.17, 15) is 4.79 Å². The summed E-state index contributed by atoms with van der Waals surface area (Å²) >= 11 is 0. The van der Waals surface area contributed by atoms with Gasteiger partial charge in [-0.05, 0) is 18.3 Å². The Kier molecular flexibility index (Phi) is 3.12. The molecular weight excluding hydrogens is 204 g/mol. The van der Waals surface area contributed by atoms with Crippen molar-refractivity contribution in [2.24, 2.45) is 11.8 Å². The van der Waals surface area contributed by atoms with E-state index in [1.807, 2.05) is 0 Å². The van der Waals surface area contributed by atoms with Crippen molar-refractivity contribution in [2.75, 3.05) is 12.3 Å². The van der Waals surface area contributed by atoms with E-state index in [-0.39, 0.29) is 5.91 Å². The monoisotopic (exact) mass is 222 g/mol. The molecule has 1 aliphatic carbocycles. The third-order valence-electron chi connectivity index (χ3n) is 3.41. The molecule has 1 aromatic heterocycles. The second-order valence-electron chi connectivity index (χ2n) is 4.58. The lowest BCUT2D eigenvalue weighted by Crippen LogP contribution is -2.30. The molecular formula is C11H18N4O. The number of aromatic nitrogens is 2. The van der Waals surface area contributed by atoms with Crippen molar-refractivity contribution >= 4 is 11.7 Å². The first-order chi connectivity index (χ1) is 7.66. The van der Waals surface area contributed by atoms with Crippen molar-refractivity contribution in [3.05, 3.63) is 11.8 Å². The first kappa shape index (κ1) is 11.0. The molecule has 1 saturated carbocycles. The highest BCUT2D eigenvalue weighted by Crippen LogP contribution is 2.30. The van der Waals surface area contributed by atoms with Gasteiger partial charge in [0.1, 0.15) is 11.5 Å². The van der Waals surface area contributed by atoms with Crippen LogP contribution in [0.3, 0.4) is 0 Å². The Morgan fingerprint density at radius 1 is 1.69 bits per heavy atom. The molecule has 88 valence electrons. The number of rotatable bonds is 3. The highest BCUT2D eigenvalue weighted by atomic mass is 16.1. The molecule has 1 amide bonds. The molecule has 0 spiro atoms. The third kappa shape index (κ3) is 2.35. The van der Waals surface area contributed by atoms with Gasteiger partial charge in [-0.1, -0.05) is 19.8 Å². The number of nitrogen functional groups attached to an aromatic ring is 1. The average molecular weight is 222 g/mol. The van der Waals surface area contributed by atoms with Gasteiger partial charge in [-0.15, -0.1) is 0 Å². The molecule has 0 aromatic carbocycles. The van der Waals surface area contributed by atoms with Gasteiger partial charge >= 0.3 is 0 Å². The molecule has 1 aromatic rings. The van der Waals surface area contributed by atoms with Gasteiger partial charge in [0.2, 0.25) is 0 Å². The fourth-order valence-corrected chi connectivity index (χ4v) is 2.30. The van der Waals surface area contributed by atoms with Crippen LogP contribution in [0.2, 0.25) is 0 Å². The number of aromatic amines is 1. The van der Waals surface area contributed by atoms with E-state index in [4.69, 9.17) is 5.73 Å². The minimum atomic E-state index is -0.122. The van der Waals surface area contributed by atoms with E-state index >= 15 is 0 Å². The van der Waals surface area contributed by atoms with Gasteiger partial charge in [0.15, 0.2) is 0 Å². The second kappa shape index (κ2) is 4.55. The molecule has 2 unspecified atom stereocenters. The number of carbonyl (C=O) groups is 1. The molecule has 0 radical (unpaired) electrons. The van der Waals surface area contributed by atoms with Crippen LogP contribution in [0, 0.1) is 11.8 Å². The van der Waals surface area contributed by atoms with Crippen LogP contribution < -0.4 is 11.1 Å². The second-order valence-corrected chi connectivity index (χ2v) is 4.58. The number of nitrogens with two attached hydrogens (primary N) is 1. The molecule has 2 rings (SSSR count). The number of nitrogens with one attached hydrogen (secondary N) is 2. The first-order valence-electron chi connectivity index (χ1n) is 5.76. The highest BCUT2D eigenvalue weighted by molar-refractivity contribution is 5.92. The Bertz CT molecular complexity index is 374. The molecule has 0 bridgehead atoms. The topological polar surface area (TPSA) is 83.8 Å². The highest BCUT2D eigenvalue weighted by Gasteiger charge is 2.23. The van der Waals surface area contributed by atoms with Crippen molar-refractivity contribution in [3.63, 3.8) is 0 Å². The van der Waals surface area contributed by atoms with E-state index in [2.05, 4.69) is 22.4 Å². The zero-order valence-electron chi connectivity index (χ0n) is 9.49. The maximum absolute atomic E-state index is 11.7.